The van der Waals surface area contributed by atoms with Crippen molar-refractivity contribution in [1.29, 1.82) is 5.26 Å². The largest absolute Gasteiger partial charge is 0.444 e. The average molecular weight is 419 g/mol. The number of fused-ring (bicyclic) bond motifs is 1. The number of nitrogens with one attached hydrogen (secondary N) is 1. The summed E-state index contributed by atoms with van der Waals surface area (Å²) in [6.45, 7) is 1.94. The van der Waals surface area contributed by atoms with Crippen LogP contribution in [0.25, 0.3) is 11.0 Å². The second-order valence-corrected chi connectivity index (χ2v) is 8.15. The maximum absolute atomic E-state index is 9.90. The molecule has 1 aliphatic carbocycles. The molecule has 2 fully saturated rings. The summed E-state index contributed by atoms with van der Waals surface area (Å²) < 4.78 is 6.27. The second kappa shape index (κ2) is 7.55. The monoisotopic (exact) mass is 418 g/mol. The smallest absolute Gasteiger partial charge is 0.204 e. The van der Waals surface area contributed by atoms with E-state index in [9.17, 15) is 5.11 Å². The lowest BCUT2D eigenvalue weighted by Crippen LogP contribution is -2.47. The van der Waals surface area contributed by atoms with Gasteiger partial charge in [0.25, 0.3) is 0 Å². The van der Waals surface area contributed by atoms with E-state index in [-0.39, 0.29) is 6.10 Å². The third-order valence-corrected chi connectivity index (χ3v) is 6.41. The number of aliphatic hydroxyl groups excluding tert-OH is 1. The molecule has 2 aliphatic rings. The molecule has 1 saturated heterocycles. The zero-order valence-electron chi connectivity index (χ0n) is 14.6. The average Bonchev–Trinajstić information content (AvgIpc) is 3.09. The summed E-state index contributed by atoms with van der Waals surface area (Å²) in [4.78, 5) is 6.93. The highest BCUT2D eigenvalue weighted by Gasteiger charge is 2.29. The molecule has 7 heteroatoms. The fourth-order valence-electron chi connectivity index (χ4n) is 4.23. The Morgan fingerprint density at radius 3 is 2.85 bits per heavy atom. The number of hydrogen-bond donors (Lipinski definition) is 2. The van der Waals surface area contributed by atoms with E-state index < -0.39 is 0 Å². The molecule has 1 atom stereocenters. The van der Waals surface area contributed by atoms with Gasteiger partial charge in [0.2, 0.25) is 5.76 Å². The predicted octanol–water partition coefficient (Wildman–Crippen LogP) is 3.64. The Bertz CT molecular complexity index is 823. The quantitative estimate of drug-likeness (QED) is 0.790. The highest BCUT2D eigenvalue weighted by molar-refractivity contribution is 9.10. The molecule has 138 valence electrons. The summed E-state index contributed by atoms with van der Waals surface area (Å²) in [5.74, 6) is 1.10. The first kappa shape index (κ1) is 17.8. The van der Waals surface area contributed by atoms with Crippen LogP contribution in [0.2, 0.25) is 0 Å². The molecule has 0 spiro atoms. The number of nitriles is 1. The first-order valence-corrected chi connectivity index (χ1v) is 10.1. The number of anilines is 1. The first-order chi connectivity index (χ1) is 12.6. The minimum atomic E-state index is -0.153. The van der Waals surface area contributed by atoms with Gasteiger partial charge in [0.05, 0.1) is 16.8 Å². The number of rotatable bonds is 3. The third-order valence-electron chi connectivity index (χ3n) is 5.61. The van der Waals surface area contributed by atoms with E-state index in [2.05, 4.69) is 31.1 Å². The lowest BCUT2D eigenvalue weighted by atomic mass is 9.89. The fraction of sp³-hybridized carbons (Fsp3) is 0.579. The molecule has 26 heavy (non-hydrogen) atoms. The van der Waals surface area contributed by atoms with E-state index in [0.717, 1.165) is 67.3 Å². The molecule has 3 heterocycles. The lowest BCUT2D eigenvalue weighted by molar-refractivity contribution is 0.0352. The van der Waals surface area contributed by atoms with Gasteiger partial charge in [-0.15, -0.1) is 0 Å². The third kappa shape index (κ3) is 3.59. The maximum Gasteiger partial charge on any atom is 0.204 e. The maximum atomic E-state index is 9.90. The van der Waals surface area contributed by atoms with Gasteiger partial charge >= 0.3 is 0 Å². The van der Waals surface area contributed by atoms with Gasteiger partial charge in [-0.25, -0.2) is 4.98 Å². The van der Waals surface area contributed by atoms with Gasteiger partial charge in [0.1, 0.15) is 11.9 Å². The Morgan fingerprint density at radius 1 is 1.31 bits per heavy atom. The molecular weight excluding hydrogens is 396 g/mol. The summed E-state index contributed by atoms with van der Waals surface area (Å²) in [6, 6.07) is 4.75. The highest BCUT2D eigenvalue weighted by atomic mass is 79.9. The van der Waals surface area contributed by atoms with Crippen molar-refractivity contribution in [2.75, 3.05) is 18.4 Å². The molecule has 0 amide bonds. The van der Waals surface area contributed by atoms with E-state index in [1.54, 1.807) is 12.3 Å². The Labute approximate surface area is 161 Å². The van der Waals surface area contributed by atoms with Crippen molar-refractivity contribution in [2.24, 2.45) is 0 Å². The zero-order valence-corrected chi connectivity index (χ0v) is 16.2. The van der Waals surface area contributed by atoms with E-state index >= 15 is 0 Å². The van der Waals surface area contributed by atoms with Crippen LogP contribution >= 0.6 is 15.9 Å². The Balaban J connectivity index is 1.39. The molecule has 0 radical (unpaired) electrons. The molecule has 6 nitrogen and oxygen atoms in total. The summed E-state index contributed by atoms with van der Waals surface area (Å²) in [7, 11) is 0. The minimum absolute atomic E-state index is 0.153. The molecule has 0 aromatic carbocycles. The molecule has 1 saturated carbocycles. The number of nitrogens with zero attached hydrogens (tertiary/aromatic N) is 3. The van der Waals surface area contributed by atoms with Gasteiger partial charge in [-0.1, -0.05) is 0 Å². The topological polar surface area (TPSA) is 85.3 Å². The number of piperidine rings is 1. The number of aromatic nitrogens is 1. The number of aliphatic hydroxyl groups is 1. The minimum Gasteiger partial charge on any atom is -0.444 e. The number of likely N-dealkylation sites (tertiary alicyclic amines) is 1. The van der Waals surface area contributed by atoms with Crippen LogP contribution in [0.15, 0.2) is 21.2 Å². The van der Waals surface area contributed by atoms with Crippen LogP contribution < -0.4 is 5.32 Å². The van der Waals surface area contributed by atoms with Gasteiger partial charge in [-0.3, -0.25) is 4.90 Å². The van der Waals surface area contributed by atoms with Crippen molar-refractivity contribution in [1.82, 2.24) is 9.88 Å². The number of halogens is 1. The normalized spacial score (nSPS) is 27.3. The number of furan rings is 1. The van der Waals surface area contributed by atoms with Crippen LogP contribution in [0, 0.1) is 11.3 Å². The van der Waals surface area contributed by atoms with E-state index in [4.69, 9.17) is 9.68 Å². The van der Waals surface area contributed by atoms with Crippen molar-refractivity contribution >= 4 is 32.7 Å². The zero-order chi connectivity index (χ0) is 18.1. The summed E-state index contributed by atoms with van der Waals surface area (Å²) in [5, 5.41) is 23.3. The van der Waals surface area contributed by atoms with Crippen molar-refractivity contribution in [3.05, 3.63) is 22.5 Å². The van der Waals surface area contributed by atoms with Gasteiger partial charge in [0, 0.05) is 30.1 Å². The van der Waals surface area contributed by atoms with Gasteiger partial charge < -0.3 is 14.8 Å². The predicted molar refractivity (Wildman–Crippen MR) is 103 cm³/mol. The van der Waals surface area contributed by atoms with Crippen molar-refractivity contribution < 1.29 is 9.52 Å². The van der Waals surface area contributed by atoms with Crippen LogP contribution in [-0.4, -0.2) is 46.3 Å². The number of pyridine rings is 1. The first-order valence-electron chi connectivity index (χ1n) is 9.31. The fourth-order valence-corrected chi connectivity index (χ4v) is 4.76. The van der Waals surface area contributed by atoms with Crippen molar-refractivity contribution in [2.45, 2.75) is 56.7 Å². The number of hydrogen-bond acceptors (Lipinski definition) is 6. The van der Waals surface area contributed by atoms with E-state index in [0.29, 0.717) is 23.4 Å². The Hall–Kier alpha value is -1.62. The summed E-state index contributed by atoms with van der Waals surface area (Å²) in [6.07, 6.45) is 8.05. The summed E-state index contributed by atoms with van der Waals surface area (Å²) >= 11 is 3.60. The highest BCUT2D eigenvalue weighted by Crippen LogP contribution is 2.34. The lowest BCUT2D eigenvalue weighted by Gasteiger charge is -2.40. The van der Waals surface area contributed by atoms with Crippen LogP contribution in [-0.2, 0) is 0 Å². The van der Waals surface area contributed by atoms with Crippen LogP contribution in [0.3, 0.4) is 0 Å². The molecule has 1 aliphatic heterocycles. The molecule has 2 aromatic rings. The molecule has 0 bridgehead atoms. The summed E-state index contributed by atoms with van der Waals surface area (Å²) in [5.41, 5.74) is 0.617. The molecule has 0 unspecified atom stereocenters. The van der Waals surface area contributed by atoms with Crippen LogP contribution in [0.1, 0.15) is 44.3 Å². The van der Waals surface area contributed by atoms with E-state index in [1.165, 1.54) is 0 Å². The van der Waals surface area contributed by atoms with Gasteiger partial charge in [-0.2, -0.15) is 5.26 Å². The molecular formula is C19H23BrN4O2. The van der Waals surface area contributed by atoms with Crippen LogP contribution in [0.5, 0.6) is 0 Å². The van der Waals surface area contributed by atoms with Gasteiger partial charge in [0.15, 0.2) is 5.58 Å². The standard InChI is InChI=1S/C19H23BrN4O2/c20-18-16-8-15(9-21)26-17(16)10-22-19(18)23-12-3-5-13(6-4-12)24-7-1-2-14(25)11-24/h8,10,12-14,25H,1-7,11H2,(H,22,23)/t12?,13?,14-/m0/s1. The van der Waals surface area contributed by atoms with Crippen LogP contribution in [0.4, 0.5) is 5.82 Å². The molecule has 2 aromatic heterocycles. The van der Waals surface area contributed by atoms with Crippen molar-refractivity contribution in [3.8, 4) is 6.07 Å². The van der Waals surface area contributed by atoms with Gasteiger partial charge in [-0.05, 0) is 61.0 Å². The Kier molecular flexibility index (Phi) is 5.16. The Morgan fingerprint density at radius 2 is 2.12 bits per heavy atom. The molecule has 4 rings (SSSR count). The second-order valence-electron chi connectivity index (χ2n) is 7.36. The molecule has 2 N–H and O–H groups in total. The van der Waals surface area contributed by atoms with Crippen molar-refractivity contribution in [3.63, 3.8) is 0 Å². The number of β-amino-alcohol motifs (C(OH)–C–C–N with tert-alkyl or cyclic N) is 1. The SMILES string of the molecule is N#Cc1cc2c(Br)c(NC3CCC(N4CCC[C@H](O)C4)CC3)ncc2o1. The van der Waals surface area contributed by atoms with E-state index in [1.807, 2.05) is 6.07 Å².